The molecule has 3 aromatic carbocycles. The van der Waals surface area contributed by atoms with E-state index in [0.717, 1.165) is 10.0 Å². The molecule has 37 heavy (non-hydrogen) atoms. The van der Waals surface area contributed by atoms with E-state index in [9.17, 15) is 4.79 Å². The van der Waals surface area contributed by atoms with Crippen LogP contribution in [0.4, 0.5) is 4.39 Å². The zero-order valence-electron chi connectivity index (χ0n) is 20.4. The standard InChI is InChI=1S/C29H28BrFN2O3S/c1-19-24-15-23(17-35-16-20-8-4-2-5-9-20)36-18-29(24,25-14-22(30)12-13-26(25)31)33-28(37-19)32-27(34)21-10-6-3-7-11-21/h2-14,19,23-24H,15-18H2,1H3,(H,32,33,34)/t19-,23-,24+,29+/m1/s1. The zero-order chi connectivity index (χ0) is 25.8. The van der Waals surface area contributed by atoms with Gasteiger partial charge < -0.3 is 14.8 Å². The number of carbonyl (C=O) groups excluding carboxylic acids is 1. The Morgan fingerprint density at radius 1 is 1.16 bits per heavy atom. The van der Waals surface area contributed by atoms with Crippen molar-refractivity contribution in [3.05, 3.63) is 106 Å². The normalized spacial score (nSPS) is 25.2. The number of aliphatic imine (C=N–C) groups is 1. The number of benzene rings is 3. The van der Waals surface area contributed by atoms with Gasteiger partial charge in [-0.15, -0.1) is 0 Å². The Kier molecular flexibility index (Phi) is 8.09. The summed E-state index contributed by atoms with van der Waals surface area (Å²) >= 11 is 5.00. The lowest BCUT2D eigenvalue weighted by Crippen LogP contribution is -2.54. The van der Waals surface area contributed by atoms with E-state index in [0.29, 0.717) is 35.9 Å². The van der Waals surface area contributed by atoms with Crippen LogP contribution >= 0.6 is 27.7 Å². The molecule has 0 radical (unpaired) electrons. The van der Waals surface area contributed by atoms with Crippen LogP contribution < -0.4 is 5.32 Å². The van der Waals surface area contributed by atoms with Gasteiger partial charge in [0.1, 0.15) is 11.4 Å². The van der Waals surface area contributed by atoms with Crippen molar-refractivity contribution in [2.45, 2.75) is 36.8 Å². The van der Waals surface area contributed by atoms with Gasteiger partial charge in [0.05, 0.1) is 25.9 Å². The molecule has 4 atom stereocenters. The average molecular weight is 584 g/mol. The molecule has 3 aromatic rings. The van der Waals surface area contributed by atoms with Gasteiger partial charge in [-0.25, -0.2) is 9.38 Å². The Morgan fingerprint density at radius 2 is 1.89 bits per heavy atom. The Morgan fingerprint density at radius 3 is 2.65 bits per heavy atom. The third-order valence-electron chi connectivity index (χ3n) is 6.90. The van der Waals surface area contributed by atoms with E-state index < -0.39 is 5.54 Å². The first-order valence-electron chi connectivity index (χ1n) is 12.3. The Labute approximate surface area is 229 Å². The summed E-state index contributed by atoms with van der Waals surface area (Å²) in [6.45, 7) is 3.26. The average Bonchev–Trinajstić information content (AvgIpc) is 2.91. The molecule has 0 unspecified atom stereocenters. The quantitative estimate of drug-likeness (QED) is 0.369. The topological polar surface area (TPSA) is 59.9 Å². The number of amidine groups is 1. The van der Waals surface area contributed by atoms with Crippen LogP contribution in [0.1, 0.15) is 34.8 Å². The summed E-state index contributed by atoms with van der Waals surface area (Å²) in [5, 5.41) is 3.48. The van der Waals surface area contributed by atoms with Gasteiger partial charge in [-0.3, -0.25) is 4.79 Å². The van der Waals surface area contributed by atoms with Gasteiger partial charge in [-0.2, -0.15) is 0 Å². The van der Waals surface area contributed by atoms with Crippen molar-refractivity contribution < 1.29 is 18.7 Å². The van der Waals surface area contributed by atoms with Crippen molar-refractivity contribution in [2.75, 3.05) is 13.2 Å². The summed E-state index contributed by atoms with van der Waals surface area (Å²) < 4.78 is 28.3. The van der Waals surface area contributed by atoms with Crippen molar-refractivity contribution in [1.82, 2.24) is 5.32 Å². The van der Waals surface area contributed by atoms with Crippen molar-refractivity contribution in [1.29, 1.82) is 0 Å². The van der Waals surface area contributed by atoms with E-state index in [1.54, 1.807) is 24.3 Å². The van der Waals surface area contributed by atoms with Crippen LogP contribution in [-0.4, -0.2) is 35.6 Å². The second kappa shape index (κ2) is 11.5. The fourth-order valence-electron chi connectivity index (χ4n) is 5.04. The number of rotatable bonds is 6. The van der Waals surface area contributed by atoms with Crippen LogP contribution in [0.15, 0.2) is 88.3 Å². The second-order valence-corrected chi connectivity index (χ2v) is 11.7. The molecule has 1 N–H and O–H groups in total. The van der Waals surface area contributed by atoms with Crippen LogP contribution in [0, 0.1) is 11.7 Å². The number of amides is 1. The third kappa shape index (κ3) is 5.82. The minimum atomic E-state index is -0.965. The van der Waals surface area contributed by atoms with E-state index in [1.807, 2.05) is 48.5 Å². The summed E-state index contributed by atoms with van der Waals surface area (Å²) in [6.07, 6.45) is 0.536. The highest BCUT2D eigenvalue weighted by Crippen LogP contribution is 2.50. The number of hydrogen-bond donors (Lipinski definition) is 1. The molecule has 0 spiro atoms. The van der Waals surface area contributed by atoms with Crippen LogP contribution in [-0.2, 0) is 21.6 Å². The number of thioether (sulfide) groups is 1. The largest absolute Gasteiger partial charge is 0.374 e. The zero-order valence-corrected chi connectivity index (χ0v) is 22.8. The molecule has 5 nitrogen and oxygen atoms in total. The number of halogens is 2. The molecule has 192 valence electrons. The van der Waals surface area contributed by atoms with Gasteiger partial charge >= 0.3 is 0 Å². The maximum atomic E-state index is 15.3. The highest BCUT2D eigenvalue weighted by atomic mass is 79.9. The predicted octanol–water partition coefficient (Wildman–Crippen LogP) is 6.33. The third-order valence-corrected chi connectivity index (χ3v) is 8.51. The molecular formula is C29H28BrFN2O3S. The highest BCUT2D eigenvalue weighted by molar-refractivity contribution is 9.10. The first-order valence-corrected chi connectivity index (χ1v) is 13.9. The number of nitrogens with one attached hydrogen (secondary N) is 1. The number of hydrogen-bond acceptors (Lipinski definition) is 5. The van der Waals surface area contributed by atoms with Gasteiger partial charge in [0.25, 0.3) is 5.91 Å². The molecule has 5 rings (SSSR count). The van der Waals surface area contributed by atoms with E-state index in [2.05, 4.69) is 28.2 Å². The van der Waals surface area contributed by atoms with Gasteiger partial charge in [0.15, 0.2) is 5.17 Å². The number of carbonyl (C=O) groups is 1. The molecule has 8 heteroatoms. The lowest BCUT2D eigenvalue weighted by molar-refractivity contribution is -0.0967. The van der Waals surface area contributed by atoms with Gasteiger partial charge in [0.2, 0.25) is 0 Å². The molecular weight excluding hydrogens is 555 g/mol. The summed E-state index contributed by atoms with van der Waals surface area (Å²) in [6, 6.07) is 23.9. The van der Waals surface area contributed by atoms with Crippen LogP contribution in [0.3, 0.4) is 0 Å². The van der Waals surface area contributed by atoms with E-state index in [1.165, 1.54) is 17.8 Å². The summed E-state index contributed by atoms with van der Waals surface area (Å²) in [5.41, 5.74) is 1.15. The van der Waals surface area contributed by atoms with Crippen molar-refractivity contribution >= 4 is 38.8 Å². The number of ether oxygens (including phenoxy) is 2. The first kappa shape index (κ1) is 26.1. The highest BCUT2D eigenvalue weighted by Gasteiger charge is 2.52. The predicted molar refractivity (Wildman–Crippen MR) is 148 cm³/mol. The lowest BCUT2D eigenvalue weighted by atomic mass is 9.72. The van der Waals surface area contributed by atoms with Crippen molar-refractivity contribution in [2.24, 2.45) is 10.9 Å². The maximum Gasteiger partial charge on any atom is 0.257 e. The molecule has 1 saturated heterocycles. The lowest BCUT2D eigenvalue weighted by Gasteiger charge is -2.49. The molecule has 2 aliphatic heterocycles. The number of nitrogens with zero attached hydrogens (tertiary/aromatic N) is 1. The van der Waals surface area contributed by atoms with Crippen LogP contribution in [0.5, 0.6) is 0 Å². The SMILES string of the molecule is C[C@H]1SC(NC(=O)c2ccccc2)=N[C@@]2(c3cc(Br)ccc3F)CO[C@@H](COCc3ccccc3)C[C@@H]12. The van der Waals surface area contributed by atoms with E-state index >= 15 is 4.39 Å². The van der Waals surface area contributed by atoms with E-state index in [4.69, 9.17) is 14.5 Å². The molecule has 0 saturated carbocycles. The maximum absolute atomic E-state index is 15.3. The van der Waals surface area contributed by atoms with Crippen LogP contribution in [0.2, 0.25) is 0 Å². The van der Waals surface area contributed by atoms with Gasteiger partial charge in [-0.1, -0.05) is 83.1 Å². The van der Waals surface area contributed by atoms with Gasteiger partial charge in [0, 0.05) is 26.8 Å². The molecule has 0 aromatic heterocycles. The molecule has 1 amide bonds. The smallest absolute Gasteiger partial charge is 0.257 e. The Bertz CT molecular complexity index is 1280. The molecule has 0 aliphatic carbocycles. The molecule has 1 fully saturated rings. The van der Waals surface area contributed by atoms with Crippen molar-refractivity contribution in [3.63, 3.8) is 0 Å². The van der Waals surface area contributed by atoms with Crippen LogP contribution in [0.25, 0.3) is 0 Å². The van der Waals surface area contributed by atoms with Crippen molar-refractivity contribution in [3.8, 4) is 0 Å². The minimum Gasteiger partial charge on any atom is -0.374 e. The molecule has 2 aliphatic rings. The summed E-state index contributed by atoms with van der Waals surface area (Å²) in [7, 11) is 0. The van der Waals surface area contributed by atoms with E-state index in [-0.39, 0.29) is 35.6 Å². The van der Waals surface area contributed by atoms with Gasteiger partial charge in [-0.05, 0) is 42.3 Å². The monoisotopic (exact) mass is 582 g/mol. The molecule has 2 heterocycles. The number of fused-ring (bicyclic) bond motifs is 1. The Hall–Kier alpha value is -2.52. The fraction of sp³-hybridized carbons (Fsp3) is 0.310. The second-order valence-electron chi connectivity index (χ2n) is 9.38. The minimum absolute atomic E-state index is 0.0160. The molecule has 0 bridgehead atoms. The fourth-order valence-corrected chi connectivity index (χ4v) is 6.62. The first-order chi connectivity index (χ1) is 17.9. The summed E-state index contributed by atoms with van der Waals surface area (Å²) in [5.74, 6) is -0.601. The summed E-state index contributed by atoms with van der Waals surface area (Å²) in [4.78, 5) is 17.9. The Balaban J connectivity index is 1.40.